The molecular weight excluding hydrogens is 252 g/mol. The number of hydrogen-bond donors (Lipinski definition) is 2. The summed E-state index contributed by atoms with van der Waals surface area (Å²) in [5, 5.41) is 13.0. The van der Waals surface area contributed by atoms with Crippen LogP contribution in [0.4, 0.5) is 0 Å². The summed E-state index contributed by atoms with van der Waals surface area (Å²) in [7, 11) is 1.10. The van der Waals surface area contributed by atoms with Crippen molar-refractivity contribution in [1.82, 2.24) is 10.2 Å². The number of nitrogens with one attached hydrogen (secondary N) is 1. The highest BCUT2D eigenvalue weighted by atomic mass is 32.2. The molecule has 2 unspecified atom stereocenters. The second-order valence-corrected chi connectivity index (χ2v) is 8.11. The van der Waals surface area contributed by atoms with Gasteiger partial charge in [0.15, 0.2) is 9.84 Å². The van der Waals surface area contributed by atoms with Gasteiger partial charge >= 0.3 is 0 Å². The fourth-order valence-electron chi connectivity index (χ4n) is 3.16. The first-order chi connectivity index (χ1) is 8.35. The minimum Gasteiger partial charge on any atom is -0.390 e. The van der Waals surface area contributed by atoms with E-state index in [1.165, 1.54) is 12.8 Å². The molecule has 18 heavy (non-hydrogen) atoms. The van der Waals surface area contributed by atoms with Gasteiger partial charge in [-0.05, 0) is 26.9 Å². The van der Waals surface area contributed by atoms with Crippen molar-refractivity contribution in [1.29, 1.82) is 0 Å². The molecule has 2 atom stereocenters. The summed E-state index contributed by atoms with van der Waals surface area (Å²) in [4.78, 5) is 2.24. The fourth-order valence-corrected chi connectivity index (χ4v) is 4.94. The number of rotatable bonds is 4. The molecule has 1 aliphatic heterocycles. The number of hydrogen-bond acceptors (Lipinski definition) is 5. The normalized spacial score (nSPS) is 34.2. The van der Waals surface area contributed by atoms with Gasteiger partial charge < -0.3 is 15.3 Å². The summed E-state index contributed by atoms with van der Waals surface area (Å²) in [6.45, 7) is 0.761. The molecule has 2 rings (SSSR count). The second kappa shape index (κ2) is 5.07. The van der Waals surface area contributed by atoms with Crippen molar-refractivity contribution in [2.75, 3.05) is 32.1 Å². The van der Waals surface area contributed by atoms with E-state index in [1.54, 1.807) is 0 Å². The molecule has 2 fully saturated rings. The van der Waals surface area contributed by atoms with Crippen LogP contribution in [-0.4, -0.2) is 68.3 Å². The Bertz CT molecular complexity index is 388. The maximum absolute atomic E-state index is 11.5. The molecule has 0 aromatic rings. The van der Waals surface area contributed by atoms with Crippen molar-refractivity contribution in [2.45, 2.75) is 43.4 Å². The first kappa shape index (κ1) is 14.2. The molecular formula is C12H24N2O3S. The average Bonchev–Trinajstić information content (AvgIpc) is 2.81. The Labute approximate surface area is 109 Å². The first-order valence-corrected chi connectivity index (χ1v) is 8.46. The van der Waals surface area contributed by atoms with Gasteiger partial charge in [0.1, 0.15) is 0 Å². The van der Waals surface area contributed by atoms with Gasteiger partial charge in [-0.3, -0.25) is 0 Å². The number of sulfone groups is 1. The summed E-state index contributed by atoms with van der Waals surface area (Å²) in [5.41, 5.74) is 0.131. The zero-order chi connectivity index (χ0) is 13.4. The van der Waals surface area contributed by atoms with E-state index in [9.17, 15) is 13.5 Å². The highest BCUT2D eigenvalue weighted by molar-refractivity contribution is 7.91. The Morgan fingerprint density at radius 3 is 2.33 bits per heavy atom. The van der Waals surface area contributed by atoms with Crippen molar-refractivity contribution in [2.24, 2.45) is 0 Å². The molecule has 1 saturated heterocycles. The summed E-state index contributed by atoms with van der Waals surface area (Å²) >= 11 is 0. The third-order valence-electron chi connectivity index (χ3n) is 4.50. The second-order valence-electron chi connectivity index (χ2n) is 5.96. The topological polar surface area (TPSA) is 69.6 Å². The molecule has 0 spiro atoms. The predicted molar refractivity (Wildman–Crippen MR) is 71.3 cm³/mol. The molecule has 5 nitrogen and oxygen atoms in total. The third-order valence-corrected chi connectivity index (χ3v) is 6.22. The number of likely N-dealkylation sites (N-methyl/N-ethyl adjacent to an activating group) is 1. The molecule has 0 amide bonds. The maximum atomic E-state index is 11.5. The summed E-state index contributed by atoms with van der Waals surface area (Å²) in [5.74, 6) is -0.0305. The molecule has 2 aliphatic rings. The van der Waals surface area contributed by atoms with Gasteiger partial charge in [-0.25, -0.2) is 8.42 Å². The lowest BCUT2D eigenvalue weighted by Gasteiger charge is -2.37. The van der Waals surface area contributed by atoms with E-state index in [1.807, 2.05) is 0 Å². The molecule has 1 saturated carbocycles. The molecule has 6 heteroatoms. The zero-order valence-electron chi connectivity index (χ0n) is 11.2. The van der Waals surface area contributed by atoms with E-state index >= 15 is 0 Å². The van der Waals surface area contributed by atoms with E-state index in [2.05, 4.69) is 24.3 Å². The lowest BCUT2D eigenvalue weighted by molar-refractivity contribution is 0.124. The van der Waals surface area contributed by atoms with Crippen molar-refractivity contribution in [3.8, 4) is 0 Å². The number of nitrogens with zero attached hydrogens (tertiary/aromatic N) is 1. The molecule has 0 radical (unpaired) electrons. The van der Waals surface area contributed by atoms with Crippen LogP contribution in [0.1, 0.15) is 25.7 Å². The lowest BCUT2D eigenvalue weighted by atomic mass is 9.95. The molecule has 0 bridgehead atoms. The van der Waals surface area contributed by atoms with Gasteiger partial charge in [0.05, 0.1) is 17.6 Å². The Kier molecular flexibility index (Phi) is 4.02. The lowest BCUT2D eigenvalue weighted by Crippen LogP contribution is -2.53. The highest BCUT2D eigenvalue weighted by Gasteiger charge is 2.40. The predicted octanol–water partition coefficient (Wildman–Crippen LogP) is -0.392. The summed E-state index contributed by atoms with van der Waals surface area (Å²) in [6, 6.07) is -0.299. The maximum Gasteiger partial charge on any atom is 0.154 e. The molecule has 1 heterocycles. The van der Waals surface area contributed by atoms with Crippen LogP contribution in [0.25, 0.3) is 0 Å². The van der Waals surface area contributed by atoms with E-state index in [0.29, 0.717) is 0 Å². The van der Waals surface area contributed by atoms with Crippen molar-refractivity contribution in [3.05, 3.63) is 0 Å². The van der Waals surface area contributed by atoms with Crippen LogP contribution in [0.2, 0.25) is 0 Å². The molecule has 2 N–H and O–H groups in total. The van der Waals surface area contributed by atoms with Crippen molar-refractivity contribution in [3.63, 3.8) is 0 Å². The fraction of sp³-hybridized carbons (Fsp3) is 1.00. The first-order valence-electron chi connectivity index (χ1n) is 6.64. The average molecular weight is 276 g/mol. The molecule has 0 aromatic carbocycles. The standard InChI is InChI=1S/C12H24N2O3S/c1-14(2)12(5-3-4-6-12)9-13-10-7-18(16,17)8-11(10)15/h10-11,13,15H,3-9H2,1-2H3. The Morgan fingerprint density at radius 2 is 1.89 bits per heavy atom. The molecule has 0 aromatic heterocycles. The van der Waals surface area contributed by atoms with Gasteiger partial charge in [-0.15, -0.1) is 0 Å². The van der Waals surface area contributed by atoms with Gasteiger partial charge in [-0.2, -0.15) is 0 Å². The molecule has 1 aliphatic carbocycles. The Hall–Kier alpha value is -0.170. The van der Waals surface area contributed by atoms with Gasteiger partial charge in [0.25, 0.3) is 0 Å². The van der Waals surface area contributed by atoms with Crippen LogP contribution in [0.15, 0.2) is 0 Å². The van der Waals surface area contributed by atoms with Crippen LogP contribution in [0, 0.1) is 0 Å². The highest BCUT2D eigenvalue weighted by Crippen LogP contribution is 2.33. The van der Waals surface area contributed by atoms with E-state index < -0.39 is 15.9 Å². The number of aliphatic hydroxyl groups is 1. The van der Waals surface area contributed by atoms with E-state index in [0.717, 1.165) is 19.4 Å². The monoisotopic (exact) mass is 276 g/mol. The SMILES string of the molecule is CN(C)C1(CNC2CS(=O)(=O)CC2O)CCCC1. The Balaban J connectivity index is 1.95. The van der Waals surface area contributed by atoms with Crippen LogP contribution >= 0.6 is 0 Å². The summed E-state index contributed by atoms with van der Waals surface area (Å²) < 4.78 is 22.9. The van der Waals surface area contributed by atoms with Crippen LogP contribution < -0.4 is 5.32 Å². The zero-order valence-corrected chi connectivity index (χ0v) is 12.0. The van der Waals surface area contributed by atoms with Crippen molar-refractivity contribution < 1.29 is 13.5 Å². The van der Waals surface area contributed by atoms with Gasteiger partial charge in [-0.1, -0.05) is 12.8 Å². The quantitative estimate of drug-likeness (QED) is 0.732. The van der Waals surface area contributed by atoms with Gasteiger partial charge in [0.2, 0.25) is 0 Å². The van der Waals surface area contributed by atoms with Crippen molar-refractivity contribution >= 4 is 9.84 Å². The van der Waals surface area contributed by atoms with E-state index in [4.69, 9.17) is 0 Å². The minimum absolute atomic E-state index is 0.0671. The van der Waals surface area contributed by atoms with E-state index in [-0.39, 0.29) is 23.1 Å². The van der Waals surface area contributed by atoms with Crippen LogP contribution in [0.3, 0.4) is 0 Å². The van der Waals surface area contributed by atoms with Crippen LogP contribution in [0.5, 0.6) is 0 Å². The summed E-state index contributed by atoms with van der Waals surface area (Å²) in [6.07, 6.45) is 3.98. The number of aliphatic hydroxyl groups excluding tert-OH is 1. The molecule has 106 valence electrons. The largest absolute Gasteiger partial charge is 0.390 e. The Morgan fingerprint density at radius 1 is 1.28 bits per heavy atom. The van der Waals surface area contributed by atoms with Crippen LogP contribution in [-0.2, 0) is 9.84 Å². The van der Waals surface area contributed by atoms with Gasteiger partial charge in [0, 0.05) is 18.1 Å². The minimum atomic E-state index is -3.06. The smallest absolute Gasteiger partial charge is 0.154 e. The third kappa shape index (κ3) is 2.87.